The highest BCUT2D eigenvalue weighted by atomic mass is 19.1. The molecule has 2 rings (SSSR count). The molecule has 118 valence electrons. The molecule has 4 nitrogen and oxygen atoms in total. The lowest BCUT2D eigenvalue weighted by Crippen LogP contribution is -2.29. The summed E-state index contributed by atoms with van der Waals surface area (Å²) in [5.41, 5.74) is 0.955. The Kier molecular flexibility index (Phi) is 5.07. The van der Waals surface area contributed by atoms with Gasteiger partial charge in [0.25, 0.3) is 0 Å². The van der Waals surface area contributed by atoms with Gasteiger partial charge < -0.3 is 4.42 Å². The second-order valence-corrected chi connectivity index (χ2v) is 5.46. The van der Waals surface area contributed by atoms with E-state index >= 15 is 0 Å². The van der Waals surface area contributed by atoms with Crippen LogP contribution in [0, 0.1) is 35.9 Å². The third-order valence-electron chi connectivity index (χ3n) is 3.73. The summed E-state index contributed by atoms with van der Waals surface area (Å²) in [6.45, 7) is 3.25. The van der Waals surface area contributed by atoms with Crippen LogP contribution in [0.2, 0.25) is 0 Å². The number of carbonyl (C=O) groups excluding carboxylic acids is 2. The largest absolute Gasteiger partial charge is 0.461 e. The summed E-state index contributed by atoms with van der Waals surface area (Å²) in [5.74, 6) is -3.67. The van der Waals surface area contributed by atoms with Crippen LogP contribution < -0.4 is 0 Å². The van der Waals surface area contributed by atoms with Gasteiger partial charge in [-0.25, -0.2) is 4.39 Å². The molecule has 0 aliphatic heterocycles. The summed E-state index contributed by atoms with van der Waals surface area (Å²) in [6, 6.07) is 9.47. The summed E-state index contributed by atoms with van der Waals surface area (Å²) in [7, 11) is 0. The number of halogens is 1. The molecule has 0 unspecified atom stereocenters. The fourth-order valence-corrected chi connectivity index (χ4v) is 2.39. The van der Waals surface area contributed by atoms with Crippen LogP contribution in [0.15, 0.2) is 41.0 Å². The number of carbonyl (C=O) groups is 2. The minimum Gasteiger partial charge on any atom is -0.461 e. The second-order valence-electron chi connectivity index (χ2n) is 5.46. The van der Waals surface area contributed by atoms with Gasteiger partial charge in [-0.05, 0) is 36.6 Å². The van der Waals surface area contributed by atoms with Gasteiger partial charge in [0, 0.05) is 5.92 Å². The number of rotatable bonds is 6. The van der Waals surface area contributed by atoms with Crippen molar-refractivity contribution in [3.8, 4) is 6.07 Å². The molecule has 0 bridgehead atoms. The maximum Gasteiger partial charge on any atom is 0.222 e. The van der Waals surface area contributed by atoms with Crippen molar-refractivity contribution < 1.29 is 18.4 Å². The Morgan fingerprint density at radius 2 is 2.00 bits per heavy atom. The predicted molar refractivity (Wildman–Crippen MR) is 81.2 cm³/mol. The quantitative estimate of drug-likeness (QED) is 0.604. The van der Waals surface area contributed by atoms with Crippen LogP contribution in [0.5, 0.6) is 0 Å². The van der Waals surface area contributed by atoms with E-state index in [1.165, 1.54) is 12.3 Å². The van der Waals surface area contributed by atoms with Crippen molar-refractivity contribution in [3.63, 3.8) is 0 Å². The lowest BCUT2D eigenvalue weighted by atomic mass is 9.86. The standard InChI is InChI=1S/C18H16FNO3/c1-11-7-8-23-18(11)17(22)14(10-20)16(21)12(2)9-13-5-3-4-6-15(13)19/h3-8,12,14H,9H2,1-2H3/t12-,14-/m1/s1. The van der Waals surface area contributed by atoms with E-state index in [4.69, 9.17) is 4.42 Å². The van der Waals surface area contributed by atoms with Crippen molar-refractivity contribution >= 4 is 11.6 Å². The molecule has 0 amide bonds. The lowest BCUT2D eigenvalue weighted by molar-refractivity contribution is -0.123. The average Bonchev–Trinajstić information content (AvgIpc) is 2.96. The van der Waals surface area contributed by atoms with Crippen molar-refractivity contribution in [1.29, 1.82) is 5.26 Å². The summed E-state index contributed by atoms with van der Waals surface area (Å²) in [4.78, 5) is 24.7. The second kappa shape index (κ2) is 7.01. The average molecular weight is 313 g/mol. The third kappa shape index (κ3) is 3.54. The Bertz CT molecular complexity index is 773. The molecule has 0 saturated heterocycles. The monoisotopic (exact) mass is 313 g/mol. The smallest absolute Gasteiger partial charge is 0.222 e. The van der Waals surface area contributed by atoms with Gasteiger partial charge in [-0.3, -0.25) is 9.59 Å². The number of aryl methyl sites for hydroxylation is 1. The van der Waals surface area contributed by atoms with Crippen molar-refractivity contribution in [2.75, 3.05) is 0 Å². The molecule has 23 heavy (non-hydrogen) atoms. The number of nitriles is 1. The Morgan fingerprint density at radius 1 is 1.30 bits per heavy atom. The Morgan fingerprint density at radius 3 is 2.57 bits per heavy atom. The predicted octanol–water partition coefficient (Wildman–Crippen LogP) is 3.50. The summed E-state index contributed by atoms with van der Waals surface area (Å²) in [6.07, 6.45) is 1.47. The molecular formula is C18H16FNO3. The lowest BCUT2D eigenvalue weighted by Gasteiger charge is -2.14. The first kappa shape index (κ1) is 16.6. The Labute approximate surface area is 133 Å². The first-order valence-corrected chi connectivity index (χ1v) is 7.20. The number of nitrogens with zero attached hydrogens (tertiary/aromatic N) is 1. The first-order valence-electron chi connectivity index (χ1n) is 7.20. The molecule has 0 aliphatic carbocycles. The maximum absolute atomic E-state index is 13.7. The van der Waals surface area contributed by atoms with E-state index in [2.05, 4.69) is 0 Å². The maximum atomic E-state index is 13.7. The molecule has 0 radical (unpaired) electrons. The molecule has 1 aromatic carbocycles. The first-order chi connectivity index (χ1) is 11.0. The van der Waals surface area contributed by atoms with E-state index in [1.807, 2.05) is 0 Å². The third-order valence-corrected chi connectivity index (χ3v) is 3.73. The number of ketones is 2. The Balaban J connectivity index is 2.17. The fraction of sp³-hybridized carbons (Fsp3) is 0.278. The fourth-order valence-electron chi connectivity index (χ4n) is 2.39. The van der Waals surface area contributed by atoms with E-state index < -0.39 is 29.2 Å². The van der Waals surface area contributed by atoms with Gasteiger partial charge in [-0.15, -0.1) is 0 Å². The number of Topliss-reactive ketones (excluding diaryl/α,β-unsaturated/α-hetero) is 2. The minimum absolute atomic E-state index is 0.0167. The summed E-state index contributed by atoms with van der Waals surface area (Å²) in [5, 5.41) is 9.22. The normalized spacial score (nSPS) is 13.1. The summed E-state index contributed by atoms with van der Waals surface area (Å²) >= 11 is 0. The number of benzene rings is 1. The van der Waals surface area contributed by atoms with Gasteiger partial charge in [-0.1, -0.05) is 25.1 Å². The molecule has 2 aromatic rings. The highest BCUT2D eigenvalue weighted by molar-refractivity contribution is 6.12. The van der Waals surface area contributed by atoms with E-state index in [0.29, 0.717) is 11.1 Å². The summed E-state index contributed by atoms with van der Waals surface area (Å²) < 4.78 is 18.7. The van der Waals surface area contributed by atoms with Gasteiger partial charge in [0.15, 0.2) is 17.5 Å². The van der Waals surface area contributed by atoms with Crippen LogP contribution in [0.25, 0.3) is 0 Å². The molecule has 0 aliphatic rings. The van der Waals surface area contributed by atoms with Crippen LogP contribution in [-0.2, 0) is 11.2 Å². The van der Waals surface area contributed by atoms with Crippen molar-refractivity contribution in [1.82, 2.24) is 0 Å². The number of hydrogen-bond donors (Lipinski definition) is 0. The van der Waals surface area contributed by atoms with Crippen molar-refractivity contribution in [3.05, 3.63) is 59.3 Å². The van der Waals surface area contributed by atoms with Crippen molar-refractivity contribution in [2.45, 2.75) is 20.3 Å². The molecule has 0 spiro atoms. The number of furan rings is 1. The van der Waals surface area contributed by atoms with Gasteiger partial charge in [0.2, 0.25) is 5.78 Å². The molecule has 0 N–H and O–H groups in total. The number of hydrogen-bond acceptors (Lipinski definition) is 4. The van der Waals surface area contributed by atoms with Gasteiger partial charge in [0.05, 0.1) is 12.3 Å². The Hall–Kier alpha value is -2.74. The van der Waals surface area contributed by atoms with E-state index in [9.17, 15) is 19.2 Å². The van der Waals surface area contributed by atoms with Crippen LogP contribution in [-0.4, -0.2) is 11.6 Å². The van der Waals surface area contributed by atoms with Gasteiger partial charge in [-0.2, -0.15) is 5.26 Å². The molecule has 1 heterocycles. The van der Waals surface area contributed by atoms with E-state index in [-0.39, 0.29) is 12.2 Å². The zero-order chi connectivity index (χ0) is 17.0. The van der Waals surface area contributed by atoms with Crippen LogP contribution in [0.3, 0.4) is 0 Å². The topological polar surface area (TPSA) is 71.1 Å². The van der Waals surface area contributed by atoms with Gasteiger partial charge in [0.1, 0.15) is 5.82 Å². The molecule has 2 atom stereocenters. The molecule has 5 heteroatoms. The van der Waals surface area contributed by atoms with Crippen LogP contribution in [0.4, 0.5) is 4.39 Å². The van der Waals surface area contributed by atoms with Crippen LogP contribution >= 0.6 is 0 Å². The molecule has 1 aromatic heterocycles. The molecular weight excluding hydrogens is 297 g/mol. The van der Waals surface area contributed by atoms with Crippen molar-refractivity contribution in [2.24, 2.45) is 11.8 Å². The zero-order valence-corrected chi connectivity index (χ0v) is 12.9. The van der Waals surface area contributed by atoms with E-state index in [0.717, 1.165) is 0 Å². The molecule has 0 fully saturated rings. The zero-order valence-electron chi connectivity index (χ0n) is 12.9. The SMILES string of the molecule is Cc1ccoc1C(=O)[C@H](C#N)C(=O)[C@H](C)Cc1ccccc1F. The van der Waals surface area contributed by atoms with E-state index in [1.54, 1.807) is 44.2 Å². The van der Waals surface area contributed by atoms with Gasteiger partial charge >= 0.3 is 0 Å². The minimum atomic E-state index is -1.44. The highest BCUT2D eigenvalue weighted by Crippen LogP contribution is 2.20. The van der Waals surface area contributed by atoms with Crippen LogP contribution in [0.1, 0.15) is 28.6 Å². The molecule has 0 saturated carbocycles. The highest BCUT2D eigenvalue weighted by Gasteiger charge is 2.33.